The van der Waals surface area contributed by atoms with Crippen LogP contribution in [0.4, 0.5) is 0 Å². The summed E-state index contributed by atoms with van der Waals surface area (Å²) in [6.45, 7) is 0. The quantitative estimate of drug-likeness (QED) is 0.344. The molecule has 0 atom stereocenters. The summed E-state index contributed by atoms with van der Waals surface area (Å²) in [6.07, 6.45) is 0. The number of thiophene rings is 1. The van der Waals surface area contributed by atoms with Gasteiger partial charge in [-0.1, -0.05) is 48.5 Å². The summed E-state index contributed by atoms with van der Waals surface area (Å²) < 4.78 is 27.1. The molecule has 5 heteroatoms. The number of rotatable bonds is 1. The summed E-state index contributed by atoms with van der Waals surface area (Å²) in [5.74, 6) is 0. The third-order valence-corrected chi connectivity index (χ3v) is 8.21. The molecule has 0 unspecified atom stereocenters. The molecule has 0 amide bonds. The van der Waals surface area contributed by atoms with Crippen molar-refractivity contribution in [1.82, 2.24) is 4.98 Å². The molecule has 0 spiro atoms. The summed E-state index contributed by atoms with van der Waals surface area (Å²) >= 11 is 1.66. The van der Waals surface area contributed by atoms with Gasteiger partial charge in [0.1, 0.15) is 4.83 Å². The third kappa shape index (κ3) is 2.08. The fraction of sp³-hybridized carbons (Fsp3) is 0. The molecule has 1 aliphatic heterocycles. The van der Waals surface area contributed by atoms with Crippen molar-refractivity contribution in [3.05, 3.63) is 78.9 Å². The molecule has 28 heavy (non-hydrogen) atoms. The van der Waals surface area contributed by atoms with E-state index in [1.807, 2.05) is 42.5 Å². The molecule has 6 rings (SSSR count). The number of benzene rings is 3. The Labute approximate surface area is 165 Å². The fourth-order valence-corrected chi connectivity index (χ4v) is 6.72. The Balaban J connectivity index is 1.55. The Bertz CT molecular complexity index is 1530. The van der Waals surface area contributed by atoms with Crippen LogP contribution in [0.1, 0.15) is 0 Å². The molecule has 3 nitrogen and oxygen atoms in total. The van der Waals surface area contributed by atoms with E-state index in [0.717, 1.165) is 32.6 Å². The Morgan fingerprint density at radius 1 is 0.714 bits per heavy atom. The summed E-state index contributed by atoms with van der Waals surface area (Å²) in [5.41, 5.74) is 3.14. The number of pyridine rings is 1. The number of hydrogen-bond acceptors (Lipinski definition) is 4. The maximum atomic E-state index is 13.0. The fourth-order valence-electron chi connectivity index (χ4n) is 3.93. The zero-order chi connectivity index (χ0) is 18.9. The maximum Gasteiger partial charge on any atom is 0.207 e. The largest absolute Gasteiger partial charge is 0.237 e. The predicted molar refractivity (Wildman–Crippen MR) is 113 cm³/mol. The van der Waals surface area contributed by atoms with E-state index in [9.17, 15) is 8.42 Å². The molecule has 5 aromatic rings. The van der Waals surface area contributed by atoms with Gasteiger partial charge in [-0.15, -0.1) is 11.3 Å². The van der Waals surface area contributed by atoms with E-state index in [1.165, 1.54) is 10.1 Å². The highest BCUT2D eigenvalue weighted by Gasteiger charge is 2.32. The standard InChI is InChI=1S/C23H13NO2S2/c25-28(26)21-8-4-2-6-16(21)17-10-9-14(13-22(17)28)19-12-11-18-15-5-1-3-7-20(15)27-23(18)24-19/h1-13H. The second kappa shape index (κ2) is 5.50. The van der Waals surface area contributed by atoms with Crippen LogP contribution in [0.15, 0.2) is 88.7 Å². The van der Waals surface area contributed by atoms with Gasteiger partial charge in [-0.25, -0.2) is 13.4 Å². The minimum Gasteiger partial charge on any atom is -0.237 e. The first-order valence-electron chi connectivity index (χ1n) is 8.90. The Morgan fingerprint density at radius 2 is 1.50 bits per heavy atom. The predicted octanol–water partition coefficient (Wildman–Crippen LogP) is 5.93. The van der Waals surface area contributed by atoms with Crippen molar-refractivity contribution in [2.24, 2.45) is 0 Å². The van der Waals surface area contributed by atoms with Crippen LogP contribution in [0, 0.1) is 0 Å². The van der Waals surface area contributed by atoms with Crippen molar-refractivity contribution in [2.75, 3.05) is 0 Å². The molecule has 1 aliphatic rings. The molecule has 0 bridgehead atoms. The molecule has 134 valence electrons. The van der Waals surface area contributed by atoms with Gasteiger partial charge in [-0.2, -0.15) is 0 Å². The summed E-state index contributed by atoms with van der Waals surface area (Å²) in [6, 6.07) is 25.1. The highest BCUT2D eigenvalue weighted by Crippen LogP contribution is 2.44. The molecule has 0 aliphatic carbocycles. The van der Waals surface area contributed by atoms with Crippen molar-refractivity contribution in [2.45, 2.75) is 9.79 Å². The molecule has 0 saturated carbocycles. The van der Waals surface area contributed by atoms with Gasteiger partial charge in [0.25, 0.3) is 0 Å². The Hall–Kier alpha value is -3.02. The van der Waals surface area contributed by atoms with Crippen molar-refractivity contribution in [1.29, 1.82) is 0 Å². The molecule has 0 fully saturated rings. The van der Waals surface area contributed by atoms with Crippen molar-refractivity contribution in [3.8, 4) is 22.4 Å². The van der Waals surface area contributed by atoms with Gasteiger partial charge in [0.05, 0.1) is 15.5 Å². The van der Waals surface area contributed by atoms with Gasteiger partial charge in [0.15, 0.2) is 0 Å². The van der Waals surface area contributed by atoms with E-state index in [0.29, 0.717) is 9.79 Å². The van der Waals surface area contributed by atoms with E-state index in [4.69, 9.17) is 4.98 Å². The molecule has 2 aromatic heterocycles. The lowest BCUT2D eigenvalue weighted by molar-refractivity contribution is 0.598. The van der Waals surface area contributed by atoms with Crippen LogP contribution in [-0.4, -0.2) is 13.4 Å². The Morgan fingerprint density at radius 3 is 2.43 bits per heavy atom. The summed E-state index contributed by atoms with van der Waals surface area (Å²) in [7, 11) is -3.48. The smallest absolute Gasteiger partial charge is 0.207 e. The zero-order valence-corrected chi connectivity index (χ0v) is 16.2. The van der Waals surface area contributed by atoms with Crippen LogP contribution < -0.4 is 0 Å². The van der Waals surface area contributed by atoms with Crippen LogP contribution in [0.2, 0.25) is 0 Å². The molecular formula is C23H13NO2S2. The summed E-state index contributed by atoms with van der Waals surface area (Å²) in [4.78, 5) is 6.54. The van der Waals surface area contributed by atoms with E-state index in [2.05, 4.69) is 18.2 Å². The monoisotopic (exact) mass is 399 g/mol. The average molecular weight is 399 g/mol. The summed E-state index contributed by atoms with van der Waals surface area (Å²) in [5, 5.41) is 2.33. The van der Waals surface area contributed by atoms with E-state index >= 15 is 0 Å². The SMILES string of the molecule is O=S1(=O)c2ccccc2-c2ccc(-c3ccc4c(n3)sc3ccccc34)cc21. The average Bonchev–Trinajstić information content (AvgIpc) is 3.21. The van der Waals surface area contributed by atoms with Gasteiger partial charge in [-0.05, 0) is 30.3 Å². The van der Waals surface area contributed by atoms with Crippen LogP contribution in [0.5, 0.6) is 0 Å². The van der Waals surface area contributed by atoms with Crippen molar-refractivity contribution in [3.63, 3.8) is 0 Å². The topological polar surface area (TPSA) is 47.0 Å². The zero-order valence-electron chi connectivity index (χ0n) is 14.6. The second-order valence-electron chi connectivity index (χ2n) is 6.86. The number of aromatic nitrogens is 1. The first-order chi connectivity index (χ1) is 13.6. The van der Waals surface area contributed by atoms with Crippen molar-refractivity contribution >= 4 is 41.5 Å². The maximum absolute atomic E-state index is 13.0. The number of fused-ring (bicyclic) bond motifs is 6. The van der Waals surface area contributed by atoms with Gasteiger partial charge in [-0.3, -0.25) is 0 Å². The Kier molecular flexibility index (Phi) is 3.14. The molecule has 0 radical (unpaired) electrons. The van der Waals surface area contributed by atoms with Gasteiger partial charge in [0, 0.05) is 32.2 Å². The first-order valence-corrected chi connectivity index (χ1v) is 11.2. The highest BCUT2D eigenvalue weighted by molar-refractivity contribution is 7.92. The van der Waals surface area contributed by atoms with Gasteiger partial charge >= 0.3 is 0 Å². The molecule has 0 saturated heterocycles. The lowest BCUT2D eigenvalue weighted by Crippen LogP contribution is -1.97. The normalized spacial score (nSPS) is 14.3. The second-order valence-corrected chi connectivity index (χ2v) is 9.78. The van der Waals surface area contributed by atoms with Gasteiger partial charge in [0.2, 0.25) is 9.84 Å². The lowest BCUT2D eigenvalue weighted by atomic mass is 10.0. The van der Waals surface area contributed by atoms with Crippen molar-refractivity contribution < 1.29 is 8.42 Å². The minimum absolute atomic E-state index is 0.365. The molecule has 0 N–H and O–H groups in total. The number of sulfone groups is 1. The van der Waals surface area contributed by atoms with E-state index in [1.54, 1.807) is 29.5 Å². The molecule has 3 heterocycles. The molecular weight excluding hydrogens is 386 g/mol. The van der Waals surface area contributed by atoms with Crippen LogP contribution >= 0.6 is 11.3 Å². The highest BCUT2D eigenvalue weighted by atomic mass is 32.2. The minimum atomic E-state index is -3.48. The van der Waals surface area contributed by atoms with E-state index in [-0.39, 0.29) is 0 Å². The van der Waals surface area contributed by atoms with Crippen LogP contribution in [-0.2, 0) is 9.84 Å². The number of hydrogen-bond donors (Lipinski definition) is 0. The van der Waals surface area contributed by atoms with Crippen LogP contribution in [0.25, 0.3) is 42.7 Å². The van der Waals surface area contributed by atoms with E-state index < -0.39 is 9.84 Å². The number of nitrogens with zero attached hydrogens (tertiary/aromatic N) is 1. The molecule has 3 aromatic carbocycles. The van der Waals surface area contributed by atoms with Crippen LogP contribution in [0.3, 0.4) is 0 Å². The van der Waals surface area contributed by atoms with Gasteiger partial charge < -0.3 is 0 Å². The lowest BCUT2D eigenvalue weighted by Gasteiger charge is -2.05. The first kappa shape index (κ1) is 16.0. The third-order valence-electron chi connectivity index (χ3n) is 5.28.